The van der Waals surface area contributed by atoms with Gasteiger partial charge in [0.05, 0.1) is 15.6 Å². The molecule has 156 valence electrons. The number of nitrogens with zero attached hydrogens (tertiary/aromatic N) is 2. The van der Waals surface area contributed by atoms with Gasteiger partial charge in [-0.2, -0.15) is 5.10 Å². The summed E-state index contributed by atoms with van der Waals surface area (Å²) in [6.45, 7) is 1.64. The lowest BCUT2D eigenvalue weighted by Crippen LogP contribution is -2.18. The highest BCUT2D eigenvalue weighted by Gasteiger charge is 2.17. The van der Waals surface area contributed by atoms with Gasteiger partial charge in [0.2, 0.25) is 0 Å². The van der Waals surface area contributed by atoms with Crippen LogP contribution in [0.25, 0.3) is 0 Å². The lowest BCUT2D eigenvalue weighted by atomic mass is 10.2. The first-order valence-corrected chi connectivity index (χ1v) is 11.3. The van der Waals surface area contributed by atoms with Crippen LogP contribution in [-0.2, 0) is 10.0 Å². The maximum absolute atomic E-state index is 12.4. The van der Waals surface area contributed by atoms with Gasteiger partial charge in [-0.05, 0) is 59.3 Å². The number of aromatic hydroxyl groups is 1. The number of aromatic nitrogens is 1. The first-order chi connectivity index (χ1) is 14.2. The number of aryl methyl sites for hydroxylation is 1. The molecule has 0 aliphatic rings. The fourth-order valence-electron chi connectivity index (χ4n) is 2.31. The number of carbonyl (C=O) groups is 1. The second-order valence-corrected chi connectivity index (χ2v) is 9.43. The highest BCUT2D eigenvalue weighted by molar-refractivity contribution is 9.11. The first kappa shape index (κ1) is 22.0. The van der Waals surface area contributed by atoms with Gasteiger partial charge >= 0.3 is 0 Å². The van der Waals surface area contributed by atoms with Gasteiger partial charge in [0.25, 0.3) is 15.9 Å². The molecule has 1 heterocycles. The van der Waals surface area contributed by atoms with Crippen molar-refractivity contribution in [2.24, 2.45) is 5.10 Å². The summed E-state index contributed by atoms with van der Waals surface area (Å²) in [5.41, 5.74) is 2.89. The van der Waals surface area contributed by atoms with Crippen molar-refractivity contribution in [1.29, 1.82) is 0 Å². The summed E-state index contributed by atoms with van der Waals surface area (Å²) in [5.74, 6) is -0.0562. The Kier molecular flexibility index (Phi) is 6.58. The molecule has 0 radical (unpaired) electrons. The normalized spacial score (nSPS) is 11.6. The number of nitrogens with one attached hydrogen (secondary N) is 2. The average Bonchev–Trinajstić information content (AvgIpc) is 3.09. The van der Waals surface area contributed by atoms with Crippen molar-refractivity contribution in [2.45, 2.75) is 11.8 Å². The third kappa shape index (κ3) is 5.26. The summed E-state index contributed by atoms with van der Waals surface area (Å²) in [7, 11) is -3.88. The van der Waals surface area contributed by atoms with E-state index in [1.807, 2.05) is 0 Å². The van der Waals surface area contributed by atoms with Crippen LogP contribution in [0.3, 0.4) is 0 Å². The number of halogens is 2. The Balaban J connectivity index is 1.68. The molecule has 3 aromatic rings. The predicted molar refractivity (Wildman–Crippen MR) is 117 cm³/mol. The predicted octanol–water partition coefficient (Wildman–Crippen LogP) is 3.78. The number of anilines is 1. The van der Waals surface area contributed by atoms with Crippen molar-refractivity contribution in [3.05, 3.63) is 68.3 Å². The van der Waals surface area contributed by atoms with Gasteiger partial charge in [-0.3, -0.25) is 9.52 Å². The molecule has 0 aliphatic carbocycles. The molecule has 3 rings (SSSR count). The minimum atomic E-state index is -3.88. The Hall–Kier alpha value is -2.70. The molecular formula is C18H14Br2N4O5S. The molecular weight excluding hydrogens is 544 g/mol. The molecule has 2 aromatic carbocycles. The molecule has 0 fully saturated rings. The lowest BCUT2D eigenvalue weighted by molar-refractivity contribution is 0.0955. The van der Waals surface area contributed by atoms with E-state index in [4.69, 9.17) is 4.52 Å². The van der Waals surface area contributed by atoms with E-state index < -0.39 is 15.9 Å². The number of hydrogen-bond acceptors (Lipinski definition) is 7. The van der Waals surface area contributed by atoms with Crippen LogP contribution >= 0.6 is 31.9 Å². The maximum atomic E-state index is 12.4. The van der Waals surface area contributed by atoms with Crippen molar-refractivity contribution in [2.75, 3.05) is 4.72 Å². The molecule has 0 atom stereocenters. The minimum Gasteiger partial charge on any atom is -0.506 e. The molecule has 0 bridgehead atoms. The van der Waals surface area contributed by atoms with Gasteiger partial charge in [-0.1, -0.05) is 21.1 Å². The first-order valence-electron chi connectivity index (χ1n) is 8.23. The molecule has 1 aromatic heterocycles. The molecule has 0 saturated carbocycles. The Bertz CT molecular complexity index is 1220. The molecule has 3 N–H and O–H groups in total. The van der Waals surface area contributed by atoms with Crippen molar-refractivity contribution >= 4 is 59.8 Å². The van der Waals surface area contributed by atoms with Crippen LogP contribution in [0.5, 0.6) is 5.75 Å². The molecule has 0 unspecified atom stereocenters. The highest BCUT2D eigenvalue weighted by atomic mass is 79.9. The van der Waals surface area contributed by atoms with Gasteiger partial charge < -0.3 is 9.63 Å². The van der Waals surface area contributed by atoms with Crippen molar-refractivity contribution in [3.63, 3.8) is 0 Å². The Morgan fingerprint density at radius 2 is 1.90 bits per heavy atom. The van der Waals surface area contributed by atoms with E-state index in [1.54, 1.807) is 19.1 Å². The smallest absolute Gasteiger partial charge is 0.271 e. The maximum Gasteiger partial charge on any atom is 0.271 e. The lowest BCUT2D eigenvalue weighted by Gasteiger charge is -2.06. The fourth-order valence-corrected chi connectivity index (χ4v) is 4.55. The van der Waals surface area contributed by atoms with Crippen LogP contribution in [0.4, 0.5) is 5.82 Å². The Morgan fingerprint density at radius 1 is 1.20 bits per heavy atom. The number of carbonyl (C=O) groups excluding carboxylic acids is 1. The van der Waals surface area contributed by atoms with Crippen LogP contribution in [0.15, 0.2) is 65.9 Å². The Morgan fingerprint density at radius 3 is 2.53 bits per heavy atom. The molecule has 0 spiro atoms. The zero-order valence-electron chi connectivity index (χ0n) is 15.3. The zero-order chi connectivity index (χ0) is 21.9. The van der Waals surface area contributed by atoms with Crippen LogP contribution in [0.1, 0.15) is 21.7 Å². The number of phenols is 1. The summed E-state index contributed by atoms with van der Waals surface area (Å²) < 4.78 is 33.0. The molecule has 0 aliphatic heterocycles. The van der Waals surface area contributed by atoms with Crippen molar-refractivity contribution in [3.8, 4) is 5.75 Å². The van der Waals surface area contributed by atoms with E-state index >= 15 is 0 Å². The van der Waals surface area contributed by atoms with E-state index in [0.29, 0.717) is 20.3 Å². The molecule has 1 amide bonds. The monoisotopic (exact) mass is 556 g/mol. The number of phenolic OH excluding ortho intramolecular Hbond substituents is 1. The Labute approximate surface area is 188 Å². The average molecular weight is 558 g/mol. The third-order valence-corrected chi connectivity index (χ3v) is 6.15. The van der Waals surface area contributed by atoms with Crippen LogP contribution < -0.4 is 10.1 Å². The second-order valence-electron chi connectivity index (χ2n) is 5.98. The number of amides is 1. The molecule has 12 heteroatoms. The second kappa shape index (κ2) is 8.98. The van der Waals surface area contributed by atoms with Gasteiger partial charge in [-0.25, -0.2) is 13.8 Å². The highest BCUT2D eigenvalue weighted by Crippen LogP contribution is 2.30. The van der Waals surface area contributed by atoms with Gasteiger partial charge in [0, 0.05) is 21.7 Å². The van der Waals surface area contributed by atoms with Crippen molar-refractivity contribution in [1.82, 2.24) is 10.6 Å². The summed E-state index contributed by atoms with van der Waals surface area (Å²) in [5, 5.41) is 17.4. The number of rotatable bonds is 6. The van der Waals surface area contributed by atoms with E-state index in [2.05, 4.69) is 52.3 Å². The summed E-state index contributed by atoms with van der Waals surface area (Å²) in [4.78, 5) is 12.2. The van der Waals surface area contributed by atoms with E-state index in [1.165, 1.54) is 36.5 Å². The standard InChI is InChI=1S/C18H14Br2N4O5S/c1-10-6-16(23-29-10)24-30(27,28)14-4-2-11(3-5-14)18(26)22-21-9-12-7-13(19)8-15(20)17(12)25/h2-9,25H,1H3,(H,22,26)(H,23,24)/b21-9+. The number of hydrazone groups is 1. The molecule has 9 nitrogen and oxygen atoms in total. The van der Waals surface area contributed by atoms with Gasteiger partial charge in [0.1, 0.15) is 11.5 Å². The van der Waals surface area contributed by atoms with Crippen LogP contribution in [-0.4, -0.2) is 30.8 Å². The van der Waals surface area contributed by atoms with Crippen molar-refractivity contribution < 1.29 is 22.8 Å². The van der Waals surface area contributed by atoms with Gasteiger partial charge in [0.15, 0.2) is 5.82 Å². The van der Waals surface area contributed by atoms with E-state index in [0.717, 1.165) is 0 Å². The summed E-state index contributed by atoms with van der Waals surface area (Å²) >= 11 is 6.50. The largest absolute Gasteiger partial charge is 0.506 e. The van der Waals surface area contributed by atoms with Gasteiger partial charge in [-0.15, -0.1) is 0 Å². The number of benzene rings is 2. The summed E-state index contributed by atoms with van der Waals surface area (Å²) in [6, 6.07) is 9.99. The summed E-state index contributed by atoms with van der Waals surface area (Å²) in [6.07, 6.45) is 1.28. The zero-order valence-corrected chi connectivity index (χ0v) is 19.2. The van der Waals surface area contributed by atoms with E-state index in [9.17, 15) is 18.3 Å². The number of sulfonamides is 1. The quantitative estimate of drug-likeness (QED) is 0.312. The topological polar surface area (TPSA) is 134 Å². The molecule has 30 heavy (non-hydrogen) atoms. The third-order valence-electron chi connectivity index (χ3n) is 3.72. The minimum absolute atomic E-state index is 0.0273. The van der Waals surface area contributed by atoms with Crippen LogP contribution in [0.2, 0.25) is 0 Å². The van der Waals surface area contributed by atoms with E-state index in [-0.39, 0.29) is 22.0 Å². The fraction of sp³-hybridized carbons (Fsp3) is 0.0556. The molecule has 0 saturated heterocycles. The van der Waals surface area contributed by atoms with Crippen LogP contribution in [0, 0.1) is 6.92 Å². The number of hydrogen-bond donors (Lipinski definition) is 3. The SMILES string of the molecule is Cc1cc(NS(=O)(=O)c2ccc(C(=O)N/N=C/c3cc(Br)cc(Br)c3O)cc2)no1.